The second kappa shape index (κ2) is 5.13. The van der Waals surface area contributed by atoms with E-state index in [-0.39, 0.29) is 0 Å². The van der Waals surface area contributed by atoms with Gasteiger partial charge in [-0.25, -0.2) is 4.98 Å². The number of anilines is 2. The monoisotopic (exact) mass is 284 g/mol. The summed E-state index contributed by atoms with van der Waals surface area (Å²) in [5.41, 5.74) is 4.39. The van der Waals surface area contributed by atoms with E-state index in [1.54, 1.807) is 18.4 Å². The van der Waals surface area contributed by atoms with Gasteiger partial charge in [0, 0.05) is 0 Å². The van der Waals surface area contributed by atoms with Crippen LogP contribution in [0.15, 0.2) is 36.4 Å². The summed E-state index contributed by atoms with van der Waals surface area (Å²) < 4.78 is 6.58. The van der Waals surface area contributed by atoms with E-state index in [4.69, 9.17) is 4.74 Å². The molecule has 3 rings (SSSR count). The van der Waals surface area contributed by atoms with Crippen LogP contribution in [0.5, 0.6) is 5.75 Å². The molecule has 0 saturated carbocycles. The topological polar surface area (TPSA) is 34.1 Å². The number of fused-ring (bicyclic) bond motifs is 1. The average Bonchev–Trinajstić information content (AvgIpc) is 2.83. The molecular formula is C16H16N2OS. The first-order valence-electron chi connectivity index (χ1n) is 6.45. The van der Waals surface area contributed by atoms with Crippen LogP contribution in [0, 0.1) is 13.8 Å². The fraction of sp³-hybridized carbons (Fsp3) is 0.188. The Bertz CT molecular complexity index is 764. The quantitative estimate of drug-likeness (QED) is 0.759. The fourth-order valence-electron chi connectivity index (χ4n) is 2.17. The predicted molar refractivity (Wildman–Crippen MR) is 85.4 cm³/mol. The summed E-state index contributed by atoms with van der Waals surface area (Å²) in [5.74, 6) is 0.826. The number of methoxy groups -OCH3 is 1. The first-order valence-corrected chi connectivity index (χ1v) is 7.27. The van der Waals surface area contributed by atoms with E-state index in [0.29, 0.717) is 0 Å². The highest BCUT2D eigenvalue weighted by Crippen LogP contribution is 2.33. The molecule has 0 aliphatic heterocycles. The Hall–Kier alpha value is -2.07. The van der Waals surface area contributed by atoms with Crippen molar-refractivity contribution in [1.29, 1.82) is 0 Å². The van der Waals surface area contributed by atoms with Gasteiger partial charge < -0.3 is 10.1 Å². The van der Waals surface area contributed by atoms with Crippen molar-refractivity contribution < 1.29 is 4.74 Å². The zero-order valence-electron chi connectivity index (χ0n) is 11.7. The molecule has 0 saturated heterocycles. The van der Waals surface area contributed by atoms with E-state index in [2.05, 4.69) is 48.4 Å². The molecule has 0 unspecified atom stereocenters. The van der Waals surface area contributed by atoms with Crippen LogP contribution in [-0.4, -0.2) is 12.1 Å². The maximum absolute atomic E-state index is 5.38. The standard InChI is InChI=1S/C16H16N2OS/c1-10-7-8-13(19-3)12(9-10)17-16-18-15-11(2)5-4-6-14(15)20-16/h4-9H,1-3H3,(H,17,18). The van der Waals surface area contributed by atoms with Gasteiger partial charge in [-0.15, -0.1) is 0 Å². The van der Waals surface area contributed by atoms with Crippen molar-refractivity contribution in [2.24, 2.45) is 0 Å². The molecule has 0 fully saturated rings. The summed E-state index contributed by atoms with van der Waals surface area (Å²) in [4.78, 5) is 4.66. The lowest BCUT2D eigenvalue weighted by Crippen LogP contribution is -1.94. The molecule has 3 nitrogen and oxygen atoms in total. The van der Waals surface area contributed by atoms with Crippen molar-refractivity contribution in [2.45, 2.75) is 13.8 Å². The third kappa shape index (κ3) is 2.34. The Morgan fingerprint density at radius 2 is 2.00 bits per heavy atom. The van der Waals surface area contributed by atoms with Crippen LogP contribution in [0.4, 0.5) is 10.8 Å². The van der Waals surface area contributed by atoms with Crippen molar-refractivity contribution in [2.75, 3.05) is 12.4 Å². The highest BCUT2D eigenvalue weighted by atomic mass is 32.1. The summed E-state index contributed by atoms with van der Waals surface area (Å²) in [7, 11) is 1.68. The predicted octanol–water partition coefficient (Wildman–Crippen LogP) is 4.67. The molecule has 0 amide bonds. The lowest BCUT2D eigenvalue weighted by atomic mass is 10.2. The van der Waals surface area contributed by atoms with Crippen molar-refractivity contribution >= 4 is 32.4 Å². The average molecular weight is 284 g/mol. The second-order valence-corrected chi connectivity index (χ2v) is 5.80. The SMILES string of the molecule is COc1ccc(C)cc1Nc1nc2c(C)cccc2s1. The molecule has 4 heteroatoms. The molecule has 0 aliphatic rings. The third-order valence-corrected chi connectivity index (χ3v) is 4.15. The number of aryl methyl sites for hydroxylation is 2. The van der Waals surface area contributed by atoms with E-state index in [1.807, 2.05) is 12.1 Å². The van der Waals surface area contributed by atoms with Crippen LogP contribution in [0.3, 0.4) is 0 Å². The Morgan fingerprint density at radius 3 is 2.75 bits per heavy atom. The summed E-state index contributed by atoms with van der Waals surface area (Å²) in [6.45, 7) is 4.15. The molecule has 102 valence electrons. The van der Waals surface area contributed by atoms with Crippen LogP contribution < -0.4 is 10.1 Å². The molecular weight excluding hydrogens is 268 g/mol. The van der Waals surface area contributed by atoms with Crippen LogP contribution in [0.2, 0.25) is 0 Å². The molecule has 2 aromatic carbocycles. The minimum Gasteiger partial charge on any atom is -0.495 e. The van der Waals surface area contributed by atoms with Crippen LogP contribution >= 0.6 is 11.3 Å². The molecule has 1 heterocycles. The number of rotatable bonds is 3. The van der Waals surface area contributed by atoms with Gasteiger partial charge in [0.1, 0.15) is 5.75 Å². The van der Waals surface area contributed by atoms with E-state index in [1.165, 1.54) is 15.8 Å². The Morgan fingerprint density at radius 1 is 1.15 bits per heavy atom. The van der Waals surface area contributed by atoms with Crippen LogP contribution in [-0.2, 0) is 0 Å². The normalized spacial score (nSPS) is 10.8. The Balaban J connectivity index is 2.01. The minimum absolute atomic E-state index is 0.826. The van der Waals surface area contributed by atoms with Crippen molar-refractivity contribution in [3.8, 4) is 5.75 Å². The largest absolute Gasteiger partial charge is 0.495 e. The fourth-order valence-corrected chi connectivity index (χ4v) is 3.13. The molecule has 20 heavy (non-hydrogen) atoms. The molecule has 1 aromatic heterocycles. The Kier molecular flexibility index (Phi) is 3.32. The number of hydrogen-bond donors (Lipinski definition) is 1. The molecule has 1 N–H and O–H groups in total. The van der Waals surface area contributed by atoms with Gasteiger partial charge in [-0.2, -0.15) is 0 Å². The number of aromatic nitrogens is 1. The van der Waals surface area contributed by atoms with E-state index in [0.717, 1.165) is 22.1 Å². The minimum atomic E-state index is 0.826. The molecule has 0 aliphatic carbocycles. The van der Waals surface area contributed by atoms with Crippen LogP contribution in [0.25, 0.3) is 10.2 Å². The summed E-state index contributed by atoms with van der Waals surface area (Å²) in [6, 6.07) is 12.3. The van der Waals surface area contributed by atoms with Gasteiger partial charge in [0.2, 0.25) is 0 Å². The molecule has 0 bridgehead atoms. The number of nitrogens with zero attached hydrogens (tertiary/aromatic N) is 1. The number of para-hydroxylation sites is 1. The number of ether oxygens (including phenoxy) is 1. The Labute approximate surface area is 122 Å². The number of nitrogens with one attached hydrogen (secondary N) is 1. The van der Waals surface area contributed by atoms with Crippen LogP contribution in [0.1, 0.15) is 11.1 Å². The summed E-state index contributed by atoms with van der Waals surface area (Å²) in [6.07, 6.45) is 0. The van der Waals surface area contributed by atoms with Gasteiger partial charge in [0.15, 0.2) is 5.13 Å². The van der Waals surface area contributed by atoms with Gasteiger partial charge >= 0.3 is 0 Å². The van der Waals surface area contributed by atoms with Gasteiger partial charge in [-0.3, -0.25) is 0 Å². The third-order valence-electron chi connectivity index (χ3n) is 3.22. The van der Waals surface area contributed by atoms with Gasteiger partial charge in [-0.05, 0) is 43.2 Å². The second-order valence-electron chi connectivity index (χ2n) is 4.77. The highest BCUT2D eigenvalue weighted by Gasteiger charge is 2.09. The van der Waals surface area contributed by atoms with E-state index < -0.39 is 0 Å². The molecule has 3 aromatic rings. The maximum Gasteiger partial charge on any atom is 0.188 e. The lowest BCUT2D eigenvalue weighted by molar-refractivity contribution is 0.416. The number of hydrogen-bond acceptors (Lipinski definition) is 4. The van der Waals surface area contributed by atoms with Crippen molar-refractivity contribution in [1.82, 2.24) is 4.98 Å². The summed E-state index contributed by atoms with van der Waals surface area (Å²) in [5, 5.41) is 4.25. The molecule has 0 atom stereocenters. The molecule has 0 radical (unpaired) electrons. The van der Waals surface area contributed by atoms with E-state index in [9.17, 15) is 0 Å². The highest BCUT2D eigenvalue weighted by molar-refractivity contribution is 7.22. The first kappa shape index (κ1) is 12.9. The van der Waals surface area contributed by atoms with Gasteiger partial charge in [-0.1, -0.05) is 29.5 Å². The number of thiazole rings is 1. The first-order chi connectivity index (χ1) is 9.67. The number of benzene rings is 2. The van der Waals surface area contributed by atoms with Gasteiger partial charge in [0.05, 0.1) is 23.0 Å². The van der Waals surface area contributed by atoms with E-state index >= 15 is 0 Å². The zero-order chi connectivity index (χ0) is 14.1. The maximum atomic E-state index is 5.38. The molecule has 0 spiro atoms. The van der Waals surface area contributed by atoms with Gasteiger partial charge in [0.25, 0.3) is 0 Å². The van der Waals surface area contributed by atoms with Crippen molar-refractivity contribution in [3.63, 3.8) is 0 Å². The smallest absolute Gasteiger partial charge is 0.188 e. The lowest BCUT2D eigenvalue weighted by Gasteiger charge is -2.09. The van der Waals surface area contributed by atoms with Crippen molar-refractivity contribution in [3.05, 3.63) is 47.5 Å². The zero-order valence-corrected chi connectivity index (χ0v) is 12.5. The summed E-state index contributed by atoms with van der Waals surface area (Å²) >= 11 is 1.65.